The maximum Gasteiger partial charge on any atom is 0.346 e. The van der Waals surface area contributed by atoms with Gasteiger partial charge in [0.05, 0.1) is 18.2 Å². The van der Waals surface area contributed by atoms with Crippen LogP contribution in [0.5, 0.6) is 11.5 Å². The summed E-state index contributed by atoms with van der Waals surface area (Å²) in [6.07, 6.45) is 0.164. The topological polar surface area (TPSA) is 65.7 Å². The van der Waals surface area contributed by atoms with Crippen molar-refractivity contribution in [1.82, 2.24) is 0 Å². The molecule has 4 aromatic rings. The Morgan fingerprint density at radius 2 is 1.70 bits per heavy atom. The molecule has 0 unspecified atom stereocenters. The maximum atomic E-state index is 14.1. The average Bonchev–Trinajstić information content (AvgIpc) is 2.76. The van der Waals surface area contributed by atoms with Crippen molar-refractivity contribution in [3.63, 3.8) is 0 Å². The first-order chi connectivity index (χ1) is 14.6. The number of carbonyl (C=O) groups is 1. The molecule has 0 bridgehead atoms. The highest BCUT2D eigenvalue weighted by Gasteiger charge is 2.23. The van der Waals surface area contributed by atoms with E-state index in [0.29, 0.717) is 11.1 Å². The van der Waals surface area contributed by atoms with E-state index in [1.807, 2.05) is 30.3 Å². The summed E-state index contributed by atoms with van der Waals surface area (Å²) in [5.41, 5.74) is 0.285. The van der Waals surface area contributed by atoms with Gasteiger partial charge >= 0.3 is 11.6 Å². The van der Waals surface area contributed by atoms with Gasteiger partial charge in [0.15, 0.2) is 5.75 Å². The molecule has 4 rings (SSSR count). The molecule has 0 aliphatic rings. The molecule has 1 heterocycles. The number of methoxy groups -OCH3 is 1. The van der Waals surface area contributed by atoms with Gasteiger partial charge in [-0.1, -0.05) is 48.5 Å². The molecule has 5 nitrogen and oxygen atoms in total. The third-order valence-electron chi connectivity index (χ3n) is 4.67. The molecular weight excluding hydrogens is 387 g/mol. The Hall–Kier alpha value is -3.93. The molecule has 0 fully saturated rings. The number of fused-ring (bicyclic) bond motifs is 1. The minimum Gasteiger partial charge on any atom is -0.496 e. The van der Waals surface area contributed by atoms with Crippen LogP contribution in [0.1, 0.15) is 21.5 Å². The molecule has 0 spiro atoms. The van der Waals surface area contributed by atoms with Gasteiger partial charge in [0.2, 0.25) is 0 Å². The summed E-state index contributed by atoms with van der Waals surface area (Å²) in [7, 11) is 1.46. The van der Waals surface area contributed by atoms with Crippen LogP contribution in [-0.2, 0) is 6.42 Å². The Morgan fingerprint density at radius 1 is 0.967 bits per heavy atom. The second-order valence-corrected chi connectivity index (χ2v) is 6.56. The summed E-state index contributed by atoms with van der Waals surface area (Å²) in [5.74, 6) is -1.27. The zero-order chi connectivity index (χ0) is 21.1. The summed E-state index contributed by atoms with van der Waals surface area (Å²) in [6, 6.07) is 19.6. The van der Waals surface area contributed by atoms with Gasteiger partial charge in [-0.2, -0.15) is 0 Å². The number of benzene rings is 3. The minimum atomic E-state index is -0.916. The third kappa shape index (κ3) is 3.67. The van der Waals surface area contributed by atoms with Gasteiger partial charge < -0.3 is 13.9 Å². The van der Waals surface area contributed by atoms with Crippen LogP contribution in [0.3, 0.4) is 0 Å². The normalized spacial score (nSPS) is 10.7. The van der Waals surface area contributed by atoms with E-state index < -0.39 is 17.4 Å². The lowest BCUT2D eigenvalue weighted by molar-refractivity contribution is 0.0730. The molecule has 6 heteroatoms. The van der Waals surface area contributed by atoms with E-state index in [-0.39, 0.29) is 28.9 Å². The first kappa shape index (κ1) is 19.4. The molecule has 0 radical (unpaired) electrons. The number of hydrogen-bond acceptors (Lipinski definition) is 5. The summed E-state index contributed by atoms with van der Waals surface area (Å²) in [6.45, 7) is 0. The quantitative estimate of drug-likeness (QED) is 0.355. The Bertz CT molecular complexity index is 1280. The van der Waals surface area contributed by atoms with E-state index in [1.54, 1.807) is 18.2 Å². The molecule has 0 aliphatic heterocycles. The van der Waals surface area contributed by atoms with Crippen LogP contribution >= 0.6 is 0 Å². The molecule has 0 N–H and O–H groups in total. The lowest BCUT2D eigenvalue weighted by Gasteiger charge is -2.14. The predicted molar refractivity (Wildman–Crippen MR) is 110 cm³/mol. The Kier molecular flexibility index (Phi) is 5.30. The molecule has 0 amide bonds. The number of carbonyl (C=O) groups excluding carboxylic acids is 1. The van der Waals surface area contributed by atoms with Gasteiger partial charge in [0, 0.05) is 6.42 Å². The zero-order valence-corrected chi connectivity index (χ0v) is 16.1. The largest absolute Gasteiger partial charge is 0.496 e. The number of rotatable bonds is 5. The van der Waals surface area contributed by atoms with Crippen molar-refractivity contribution in [2.45, 2.75) is 6.42 Å². The molecule has 30 heavy (non-hydrogen) atoms. The van der Waals surface area contributed by atoms with Crippen molar-refractivity contribution in [3.8, 4) is 11.5 Å². The predicted octanol–water partition coefficient (Wildman–Crippen LogP) is 4.75. The van der Waals surface area contributed by atoms with Gasteiger partial charge in [0.25, 0.3) is 0 Å². The molecule has 1 aromatic heterocycles. The van der Waals surface area contributed by atoms with Crippen molar-refractivity contribution in [2.24, 2.45) is 0 Å². The second-order valence-electron chi connectivity index (χ2n) is 6.56. The van der Waals surface area contributed by atoms with Crippen LogP contribution in [-0.4, -0.2) is 13.1 Å². The van der Waals surface area contributed by atoms with Crippen molar-refractivity contribution in [3.05, 3.63) is 106 Å². The number of hydrogen-bond donors (Lipinski definition) is 0. The molecule has 0 saturated heterocycles. The molecular formula is C24H17FO5. The smallest absolute Gasteiger partial charge is 0.346 e. The van der Waals surface area contributed by atoms with Gasteiger partial charge in [0.1, 0.15) is 22.5 Å². The monoisotopic (exact) mass is 404 g/mol. The molecule has 0 saturated carbocycles. The van der Waals surface area contributed by atoms with Crippen LogP contribution in [0.4, 0.5) is 4.39 Å². The fourth-order valence-electron chi connectivity index (χ4n) is 3.23. The Morgan fingerprint density at radius 3 is 2.43 bits per heavy atom. The van der Waals surface area contributed by atoms with Crippen LogP contribution in [0.2, 0.25) is 0 Å². The standard InChI is InChI=1S/C24H17FO5/c1-28-19-12-7-13-20-21(19)22(30-23(26)16-10-5-6-11-18(16)25)17(24(27)29-20)14-15-8-3-2-4-9-15/h2-13H,14H2,1H3. The highest BCUT2D eigenvalue weighted by Crippen LogP contribution is 2.36. The van der Waals surface area contributed by atoms with Gasteiger partial charge in [-0.25, -0.2) is 14.0 Å². The molecule has 150 valence electrons. The summed E-state index contributed by atoms with van der Waals surface area (Å²) < 4.78 is 30.6. The zero-order valence-electron chi connectivity index (χ0n) is 16.1. The van der Waals surface area contributed by atoms with E-state index in [0.717, 1.165) is 5.56 Å². The maximum absolute atomic E-state index is 14.1. The Balaban J connectivity index is 1.92. The van der Waals surface area contributed by atoms with E-state index in [9.17, 15) is 14.0 Å². The van der Waals surface area contributed by atoms with Crippen LogP contribution in [0.25, 0.3) is 11.0 Å². The average molecular weight is 404 g/mol. The minimum absolute atomic E-state index is 0.00388. The fraction of sp³-hybridized carbons (Fsp3) is 0.0833. The van der Waals surface area contributed by atoms with Crippen molar-refractivity contribution < 1.29 is 23.1 Å². The van der Waals surface area contributed by atoms with Gasteiger partial charge in [-0.05, 0) is 29.8 Å². The SMILES string of the molecule is COc1cccc2oc(=O)c(Cc3ccccc3)c(OC(=O)c3ccccc3F)c12. The first-order valence-corrected chi connectivity index (χ1v) is 9.22. The van der Waals surface area contributed by atoms with E-state index in [2.05, 4.69) is 0 Å². The summed E-state index contributed by atoms with van der Waals surface area (Å²) >= 11 is 0. The highest BCUT2D eigenvalue weighted by molar-refractivity contribution is 5.97. The van der Waals surface area contributed by atoms with E-state index >= 15 is 0 Å². The first-order valence-electron chi connectivity index (χ1n) is 9.22. The number of ether oxygens (including phenoxy) is 2. The number of esters is 1. The van der Waals surface area contributed by atoms with Gasteiger partial charge in [-0.15, -0.1) is 0 Å². The second kappa shape index (κ2) is 8.21. The van der Waals surface area contributed by atoms with Crippen LogP contribution in [0.15, 0.2) is 82.0 Å². The lowest BCUT2D eigenvalue weighted by atomic mass is 10.0. The summed E-state index contributed by atoms with van der Waals surface area (Å²) in [4.78, 5) is 25.5. The van der Waals surface area contributed by atoms with E-state index in [4.69, 9.17) is 13.9 Å². The number of halogens is 1. The fourth-order valence-corrected chi connectivity index (χ4v) is 3.23. The molecule has 0 aliphatic carbocycles. The molecule has 0 atom stereocenters. The van der Waals surface area contributed by atoms with Crippen LogP contribution in [0, 0.1) is 5.82 Å². The lowest BCUT2D eigenvalue weighted by Crippen LogP contribution is -2.17. The van der Waals surface area contributed by atoms with Crippen LogP contribution < -0.4 is 15.1 Å². The van der Waals surface area contributed by atoms with Gasteiger partial charge in [-0.3, -0.25) is 0 Å². The Labute approximate surface area is 171 Å². The molecule has 3 aromatic carbocycles. The third-order valence-corrected chi connectivity index (χ3v) is 4.67. The summed E-state index contributed by atoms with van der Waals surface area (Å²) in [5, 5.41) is 0.329. The highest BCUT2D eigenvalue weighted by atomic mass is 19.1. The van der Waals surface area contributed by atoms with Crippen molar-refractivity contribution in [1.29, 1.82) is 0 Å². The van der Waals surface area contributed by atoms with Crippen molar-refractivity contribution in [2.75, 3.05) is 7.11 Å². The van der Waals surface area contributed by atoms with E-state index in [1.165, 1.54) is 31.4 Å². The van der Waals surface area contributed by atoms with Crippen molar-refractivity contribution >= 4 is 16.9 Å².